The monoisotopic (exact) mass is 204 g/mol. The third-order valence-electron chi connectivity index (χ3n) is 2.53. The van der Waals surface area contributed by atoms with Crippen LogP contribution in [0.15, 0.2) is 18.6 Å². The fourth-order valence-corrected chi connectivity index (χ4v) is 1.57. The number of fused-ring (bicyclic) bond motifs is 1. The van der Waals surface area contributed by atoms with E-state index >= 15 is 0 Å². The summed E-state index contributed by atoms with van der Waals surface area (Å²) in [6.07, 6.45) is 6.63. The van der Waals surface area contributed by atoms with Crippen molar-refractivity contribution in [2.75, 3.05) is 6.54 Å². The molecule has 2 heterocycles. The summed E-state index contributed by atoms with van der Waals surface area (Å²) < 4.78 is 1.83. The van der Waals surface area contributed by atoms with Crippen LogP contribution in [0.4, 0.5) is 0 Å². The summed E-state index contributed by atoms with van der Waals surface area (Å²) in [5.41, 5.74) is 8.76. The van der Waals surface area contributed by atoms with E-state index in [0.29, 0.717) is 12.5 Å². The second-order valence-corrected chi connectivity index (χ2v) is 4.02. The Balaban J connectivity index is 2.47. The second-order valence-electron chi connectivity index (χ2n) is 4.02. The van der Waals surface area contributed by atoms with E-state index in [-0.39, 0.29) is 0 Å². The number of aromatic nitrogens is 3. The van der Waals surface area contributed by atoms with Gasteiger partial charge in [0.2, 0.25) is 0 Å². The molecule has 0 fully saturated rings. The molecule has 0 amide bonds. The highest BCUT2D eigenvalue weighted by Crippen LogP contribution is 2.15. The molecule has 4 heteroatoms. The molecule has 2 N–H and O–H groups in total. The Hall–Kier alpha value is -1.42. The van der Waals surface area contributed by atoms with Crippen molar-refractivity contribution < 1.29 is 0 Å². The first-order valence-corrected chi connectivity index (χ1v) is 5.24. The number of rotatable bonds is 3. The molecule has 2 aromatic rings. The largest absolute Gasteiger partial charge is 0.330 e. The van der Waals surface area contributed by atoms with Crippen LogP contribution in [0.1, 0.15) is 30.9 Å². The van der Waals surface area contributed by atoms with Gasteiger partial charge in [-0.2, -0.15) is 5.10 Å². The van der Waals surface area contributed by atoms with Gasteiger partial charge in [-0.15, -0.1) is 0 Å². The molecule has 4 nitrogen and oxygen atoms in total. The van der Waals surface area contributed by atoms with Gasteiger partial charge in [-0.05, 0) is 24.4 Å². The minimum Gasteiger partial charge on any atom is -0.330 e. The van der Waals surface area contributed by atoms with Crippen molar-refractivity contribution in [3.63, 3.8) is 0 Å². The van der Waals surface area contributed by atoms with E-state index < -0.39 is 0 Å². The quantitative estimate of drug-likeness (QED) is 0.821. The van der Waals surface area contributed by atoms with Crippen LogP contribution in [0.25, 0.3) is 5.65 Å². The van der Waals surface area contributed by atoms with Crippen LogP contribution >= 0.6 is 0 Å². The van der Waals surface area contributed by atoms with E-state index in [2.05, 4.69) is 23.9 Å². The topological polar surface area (TPSA) is 56.2 Å². The molecule has 15 heavy (non-hydrogen) atoms. The molecule has 80 valence electrons. The predicted octanol–water partition coefficient (Wildman–Crippen LogP) is 1.35. The molecule has 0 saturated heterocycles. The Bertz CT molecular complexity index is 459. The van der Waals surface area contributed by atoms with E-state index in [0.717, 1.165) is 17.6 Å². The molecule has 0 bridgehead atoms. The smallest absolute Gasteiger partial charge is 0.158 e. The summed E-state index contributed by atoms with van der Waals surface area (Å²) in [5, 5.41) is 4.28. The van der Waals surface area contributed by atoms with Crippen molar-refractivity contribution in [1.29, 1.82) is 0 Å². The van der Waals surface area contributed by atoms with E-state index in [1.54, 1.807) is 0 Å². The summed E-state index contributed by atoms with van der Waals surface area (Å²) in [5.74, 6) is 0.476. The van der Waals surface area contributed by atoms with Crippen molar-refractivity contribution in [3.05, 3.63) is 29.7 Å². The van der Waals surface area contributed by atoms with Crippen LogP contribution in [0.5, 0.6) is 0 Å². The van der Waals surface area contributed by atoms with Crippen molar-refractivity contribution in [2.45, 2.75) is 26.2 Å². The summed E-state index contributed by atoms with van der Waals surface area (Å²) >= 11 is 0. The Morgan fingerprint density at radius 1 is 1.40 bits per heavy atom. The molecular weight excluding hydrogens is 188 g/mol. The lowest BCUT2D eigenvalue weighted by Gasteiger charge is -2.04. The number of hydrogen-bond acceptors (Lipinski definition) is 3. The standard InChI is InChI=1S/C11H16N4/c1-8(2)10-5-13-11-9(3-4-12)6-14-15(11)7-10/h5-8H,3-4,12H2,1-2H3. The van der Waals surface area contributed by atoms with Crippen LogP contribution < -0.4 is 5.73 Å². The number of nitrogens with zero attached hydrogens (tertiary/aromatic N) is 3. The lowest BCUT2D eigenvalue weighted by atomic mass is 10.1. The molecule has 0 aliphatic heterocycles. The molecule has 0 aromatic carbocycles. The molecule has 0 atom stereocenters. The van der Waals surface area contributed by atoms with Crippen LogP contribution in [0.3, 0.4) is 0 Å². The fraction of sp³-hybridized carbons (Fsp3) is 0.455. The van der Waals surface area contributed by atoms with Gasteiger partial charge in [-0.1, -0.05) is 13.8 Å². The van der Waals surface area contributed by atoms with Gasteiger partial charge in [0.15, 0.2) is 5.65 Å². The molecule has 0 unspecified atom stereocenters. The van der Waals surface area contributed by atoms with Crippen molar-refractivity contribution in [1.82, 2.24) is 14.6 Å². The van der Waals surface area contributed by atoms with E-state index in [9.17, 15) is 0 Å². The zero-order valence-electron chi connectivity index (χ0n) is 9.14. The van der Waals surface area contributed by atoms with Gasteiger partial charge in [-0.25, -0.2) is 9.50 Å². The minimum absolute atomic E-state index is 0.476. The Labute approximate surface area is 89.1 Å². The van der Waals surface area contributed by atoms with Gasteiger partial charge in [0.1, 0.15) is 0 Å². The Morgan fingerprint density at radius 2 is 2.20 bits per heavy atom. The van der Waals surface area contributed by atoms with Gasteiger partial charge in [0.25, 0.3) is 0 Å². The normalized spacial score (nSPS) is 11.5. The molecule has 0 radical (unpaired) electrons. The Kier molecular flexibility index (Phi) is 2.68. The van der Waals surface area contributed by atoms with E-state index in [1.165, 1.54) is 5.56 Å². The predicted molar refractivity (Wildman–Crippen MR) is 59.8 cm³/mol. The lowest BCUT2D eigenvalue weighted by molar-refractivity contribution is 0.820. The zero-order chi connectivity index (χ0) is 10.8. The summed E-state index contributed by atoms with van der Waals surface area (Å²) in [6.45, 7) is 4.93. The van der Waals surface area contributed by atoms with Crippen molar-refractivity contribution in [3.8, 4) is 0 Å². The average Bonchev–Trinajstić information content (AvgIpc) is 2.61. The van der Waals surface area contributed by atoms with E-state index in [1.807, 2.05) is 23.1 Å². The first-order valence-electron chi connectivity index (χ1n) is 5.24. The fourth-order valence-electron chi connectivity index (χ4n) is 1.57. The average molecular weight is 204 g/mol. The molecule has 0 saturated carbocycles. The van der Waals surface area contributed by atoms with Crippen LogP contribution in [0.2, 0.25) is 0 Å². The highest BCUT2D eigenvalue weighted by atomic mass is 15.2. The molecule has 2 aromatic heterocycles. The summed E-state index contributed by atoms with van der Waals surface area (Å²) in [4.78, 5) is 4.43. The van der Waals surface area contributed by atoms with Crippen LogP contribution in [-0.4, -0.2) is 21.1 Å². The first kappa shape index (κ1) is 10.1. The maximum atomic E-state index is 5.52. The number of hydrogen-bond donors (Lipinski definition) is 1. The van der Waals surface area contributed by atoms with Gasteiger partial charge >= 0.3 is 0 Å². The zero-order valence-corrected chi connectivity index (χ0v) is 9.14. The highest BCUT2D eigenvalue weighted by molar-refractivity contribution is 5.46. The molecular formula is C11H16N4. The maximum Gasteiger partial charge on any atom is 0.158 e. The lowest BCUT2D eigenvalue weighted by Crippen LogP contribution is -2.03. The van der Waals surface area contributed by atoms with Crippen molar-refractivity contribution >= 4 is 5.65 Å². The third kappa shape index (κ3) is 1.85. The second kappa shape index (κ2) is 3.98. The molecule has 0 spiro atoms. The minimum atomic E-state index is 0.476. The molecule has 0 aliphatic rings. The van der Waals surface area contributed by atoms with Gasteiger partial charge in [-0.3, -0.25) is 0 Å². The first-order chi connectivity index (χ1) is 7.22. The van der Waals surface area contributed by atoms with Crippen LogP contribution in [-0.2, 0) is 6.42 Å². The van der Waals surface area contributed by atoms with Crippen molar-refractivity contribution in [2.24, 2.45) is 5.73 Å². The molecule has 2 rings (SSSR count). The maximum absolute atomic E-state index is 5.52. The van der Waals surface area contributed by atoms with Gasteiger partial charge < -0.3 is 5.73 Å². The third-order valence-corrected chi connectivity index (χ3v) is 2.53. The number of nitrogens with two attached hydrogens (primary N) is 1. The van der Waals surface area contributed by atoms with E-state index in [4.69, 9.17) is 5.73 Å². The van der Waals surface area contributed by atoms with Gasteiger partial charge in [0.05, 0.1) is 6.20 Å². The molecule has 0 aliphatic carbocycles. The SMILES string of the molecule is CC(C)c1cnc2c(CCN)cnn2c1. The van der Waals surface area contributed by atoms with Crippen LogP contribution in [0, 0.1) is 0 Å². The summed E-state index contributed by atoms with van der Waals surface area (Å²) in [6, 6.07) is 0. The summed E-state index contributed by atoms with van der Waals surface area (Å²) in [7, 11) is 0. The Morgan fingerprint density at radius 3 is 2.87 bits per heavy atom. The van der Waals surface area contributed by atoms with Gasteiger partial charge in [0, 0.05) is 18.0 Å². The highest BCUT2D eigenvalue weighted by Gasteiger charge is 2.06.